The fourth-order valence-corrected chi connectivity index (χ4v) is 3.48. The molecule has 1 aliphatic heterocycles. The molecule has 146 valence electrons. The molecule has 1 heterocycles. The van der Waals surface area contributed by atoms with Gasteiger partial charge in [0.25, 0.3) is 5.91 Å². The predicted molar refractivity (Wildman–Crippen MR) is 116 cm³/mol. The highest BCUT2D eigenvalue weighted by molar-refractivity contribution is 6.54. The van der Waals surface area contributed by atoms with Gasteiger partial charge in [0.1, 0.15) is 11.5 Å². The summed E-state index contributed by atoms with van der Waals surface area (Å²) in [5.41, 5.74) is 4.16. The number of para-hydroxylation sites is 1. The number of benzene rings is 3. The summed E-state index contributed by atoms with van der Waals surface area (Å²) in [6.07, 6.45) is 0. The maximum absolute atomic E-state index is 13.2. The number of fused-ring (bicyclic) bond motifs is 1. The van der Waals surface area contributed by atoms with E-state index >= 15 is 0 Å². The minimum Gasteiger partial charge on any atom is -0.497 e. The van der Waals surface area contributed by atoms with Crippen LogP contribution in [0.4, 0.5) is 11.4 Å². The molecule has 1 amide bonds. The molecule has 29 heavy (non-hydrogen) atoms. The Morgan fingerprint density at radius 2 is 1.62 bits per heavy atom. The van der Waals surface area contributed by atoms with E-state index in [1.807, 2.05) is 73.8 Å². The SMILES string of the molecule is COc1ccc(N=C2C(=O)N(CN(C)Cc3ccccc3)c3ccccc32)cc1. The number of hydrogen-bond donors (Lipinski definition) is 0. The number of anilines is 1. The summed E-state index contributed by atoms with van der Waals surface area (Å²) < 4.78 is 5.20. The van der Waals surface area contributed by atoms with Gasteiger partial charge in [-0.15, -0.1) is 0 Å². The van der Waals surface area contributed by atoms with E-state index in [1.165, 1.54) is 5.56 Å². The molecule has 0 spiro atoms. The minimum atomic E-state index is -0.0815. The molecule has 3 aromatic rings. The Bertz CT molecular complexity index is 1030. The Kier molecular flexibility index (Phi) is 5.40. The van der Waals surface area contributed by atoms with Crippen molar-refractivity contribution in [2.75, 3.05) is 25.7 Å². The van der Waals surface area contributed by atoms with Gasteiger partial charge in [0.2, 0.25) is 0 Å². The zero-order valence-corrected chi connectivity index (χ0v) is 16.6. The van der Waals surface area contributed by atoms with Crippen molar-refractivity contribution in [2.24, 2.45) is 4.99 Å². The summed E-state index contributed by atoms with van der Waals surface area (Å²) in [7, 11) is 3.64. The molecular formula is C24H23N3O2. The van der Waals surface area contributed by atoms with Gasteiger partial charge in [0.15, 0.2) is 0 Å². The molecule has 0 fully saturated rings. The first-order valence-electron chi connectivity index (χ1n) is 9.52. The lowest BCUT2D eigenvalue weighted by atomic mass is 10.1. The van der Waals surface area contributed by atoms with Crippen molar-refractivity contribution >= 4 is 23.0 Å². The van der Waals surface area contributed by atoms with Crippen LogP contribution < -0.4 is 9.64 Å². The summed E-state index contributed by atoms with van der Waals surface area (Å²) in [4.78, 5) is 21.8. The molecule has 5 nitrogen and oxygen atoms in total. The van der Waals surface area contributed by atoms with Crippen molar-refractivity contribution in [1.29, 1.82) is 0 Å². The average Bonchev–Trinajstić information content (AvgIpc) is 3.01. The Balaban J connectivity index is 1.59. The van der Waals surface area contributed by atoms with Crippen molar-refractivity contribution in [3.8, 4) is 5.75 Å². The summed E-state index contributed by atoms with van der Waals surface area (Å²) in [5, 5.41) is 0. The van der Waals surface area contributed by atoms with Crippen molar-refractivity contribution in [1.82, 2.24) is 4.90 Å². The normalized spacial score (nSPS) is 14.5. The number of nitrogens with zero attached hydrogens (tertiary/aromatic N) is 3. The van der Waals surface area contributed by atoms with Crippen LogP contribution in [0.3, 0.4) is 0 Å². The molecule has 0 saturated heterocycles. The van der Waals surface area contributed by atoms with Gasteiger partial charge in [-0.1, -0.05) is 48.5 Å². The third-order valence-corrected chi connectivity index (χ3v) is 4.89. The molecule has 0 unspecified atom stereocenters. The highest BCUT2D eigenvalue weighted by Crippen LogP contribution is 2.31. The van der Waals surface area contributed by atoms with E-state index in [-0.39, 0.29) is 5.91 Å². The summed E-state index contributed by atoms with van der Waals surface area (Å²) >= 11 is 0. The number of carbonyl (C=O) groups excluding carboxylic acids is 1. The van der Waals surface area contributed by atoms with Crippen LogP contribution >= 0.6 is 0 Å². The molecule has 0 saturated carbocycles. The first-order valence-corrected chi connectivity index (χ1v) is 9.52. The average molecular weight is 385 g/mol. The lowest BCUT2D eigenvalue weighted by Gasteiger charge is -2.24. The van der Waals surface area contributed by atoms with E-state index in [1.54, 1.807) is 12.0 Å². The molecule has 0 radical (unpaired) electrons. The molecule has 3 aromatic carbocycles. The van der Waals surface area contributed by atoms with Gasteiger partial charge in [-0.25, -0.2) is 4.99 Å². The second kappa shape index (κ2) is 8.29. The van der Waals surface area contributed by atoms with Gasteiger partial charge in [-0.3, -0.25) is 14.6 Å². The highest BCUT2D eigenvalue weighted by Gasteiger charge is 2.34. The fourth-order valence-electron chi connectivity index (χ4n) is 3.48. The quantitative estimate of drug-likeness (QED) is 0.637. The molecule has 4 rings (SSSR count). The third kappa shape index (κ3) is 4.05. The first-order chi connectivity index (χ1) is 14.2. The van der Waals surface area contributed by atoms with Crippen LogP contribution in [0.5, 0.6) is 5.75 Å². The number of rotatable bonds is 6. The summed E-state index contributed by atoms with van der Waals surface area (Å²) in [6, 6.07) is 25.4. The van der Waals surface area contributed by atoms with E-state index in [9.17, 15) is 4.79 Å². The van der Waals surface area contributed by atoms with Crippen LogP contribution in [0.2, 0.25) is 0 Å². The number of aliphatic imine (C=N–C) groups is 1. The van der Waals surface area contributed by atoms with Gasteiger partial charge < -0.3 is 4.74 Å². The molecule has 0 N–H and O–H groups in total. The van der Waals surface area contributed by atoms with E-state index in [4.69, 9.17) is 4.74 Å². The molecule has 5 heteroatoms. The summed E-state index contributed by atoms with van der Waals surface area (Å²) in [5.74, 6) is 0.679. The number of hydrogen-bond acceptors (Lipinski definition) is 4. The van der Waals surface area contributed by atoms with Crippen LogP contribution in [0.15, 0.2) is 83.9 Å². The minimum absolute atomic E-state index is 0.0815. The van der Waals surface area contributed by atoms with Crippen LogP contribution in [-0.2, 0) is 11.3 Å². The van der Waals surface area contributed by atoms with Crippen LogP contribution in [0.1, 0.15) is 11.1 Å². The second-order valence-electron chi connectivity index (χ2n) is 7.05. The van der Waals surface area contributed by atoms with E-state index in [2.05, 4.69) is 22.0 Å². The van der Waals surface area contributed by atoms with Gasteiger partial charge in [0.05, 0.1) is 25.2 Å². The van der Waals surface area contributed by atoms with Gasteiger partial charge >= 0.3 is 0 Å². The number of carbonyl (C=O) groups is 1. The van der Waals surface area contributed by atoms with Crippen molar-refractivity contribution in [3.63, 3.8) is 0 Å². The maximum Gasteiger partial charge on any atom is 0.278 e. The molecule has 0 aromatic heterocycles. The highest BCUT2D eigenvalue weighted by atomic mass is 16.5. The molecule has 1 aliphatic rings. The Morgan fingerprint density at radius 1 is 0.931 bits per heavy atom. The van der Waals surface area contributed by atoms with Crippen molar-refractivity contribution < 1.29 is 9.53 Å². The standard InChI is InChI=1S/C24H23N3O2/c1-26(16-18-8-4-3-5-9-18)17-27-22-11-7-6-10-21(22)23(24(27)28)25-19-12-14-20(29-2)15-13-19/h3-15H,16-17H2,1-2H3. The smallest absolute Gasteiger partial charge is 0.278 e. The van der Waals surface area contributed by atoms with Crippen LogP contribution in [0.25, 0.3) is 0 Å². The zero-order valence-electron chi connectivity index (χ0n) is 16.6. The van der Waals surface area contributed by atoms with E-state index in [0.717, 1.165) is 29.2 Å². The Labute approximate surface area is 170 Å². The predicted octanol–water partition coefficient (Wildman–Crippen LogP) is 4.25. The first kappa shape index (κ1) is 18.9. The van der Waals surface area contributed by atoms with E-state index < -0.39 is 0 Å². The Morgan fingerprint density at radius 3 is 2.34 bits per heavy atom. The zero-order chi connectivity index (χ0) is 20.2. The molecule has 0 bridgehead atoms. The van der Waals surface area contributed by atoms with Crippen molar-refractivity contribution in [2.45, 2.75) is 6.54 Å². The van der Waals surface area contributed by atoms with Gasteiger partial charge in [-0.2, -0.15) is 0 Å². The number of ether oxygens (including phenoxy) is 1. The second-order valence-corrected chi connectivity index (χ2v) is 7.05. The fraction of sp³-hybridized carbons (Fsp3) is 0.167. The topological polar surface area (TPSA) is 45.1 Å². The molecule has 0 aliphatic carbocycles. The maximum atomic E-state index is 13.2. The van der Waals surface area contributed by atoms with Crippen molar-refractivity contribution in [3.05, 3.63) is 90.0 Å². The lowest BCUT2D eigenvalue weighted by Crippen LogP contribution is -2.39. The van der Waals surface area contributed by atoms with Crippen LogP contribution in [-0.4, -0.2) is 37.3 Å². The summed E-state index contributed by atoms with van der Waals surface area (Å²) in [6.45, 7) is 1.25. The van der Waals surface area contributed by atoms with E-state index in [0.29, 0.717) is 12.4 Å². The Hall–Kier alpha value is -3.44. The molecular weight excluding hydrogens is 362 g/mol. The van der Waals surface area contributed by atoms with Gasteiger partial charge in [0, 0.05) is 12.1 Å². The van der Waals surface area contributed by atoms with Crippen LogP contribution in [0, 0.1) is 0 Å². The number of methoxy groups -OCH3 is 1. The molecule has 0 atom stereocenters. The lowest BCUT2D eigenvalue weighted by molar-refractivity contribution is -0.112. The largest absolute Gasteiger partial charge is 0.497 e. The number of amides is 1. The van der Waals surface area contributed by atoms with Gasteiger partial charge in [-0.05, 0) is 42.9 Å². The monoisotopic (exact) mass is 385 g/mol. The third-order valence-electron chi connectivity index (χ3n) is 4.89.